The minimum Gasteiger partial charge on any atom is -0.298 e. The zero-order valence-electron chi connectivity index (χ0n) is 11.3. The summed E-state index contributed by atoms with van der Waals surface area (Å²) in [5.74, 6) is 0.352. The number of Topliss-reactive ketones (excluding diaryl/α,β-unsaturated/α-hetero) is 1. The van der Waals surface area contributed by atoms with E-state index in [1.54, 1.807) is 0 Å². The molecule has 1 aromatic carbocycles. The van der Waals surface area contributed by atoms with Gasteiger partial charge in [0, 0.05) is 24.9 Å². The van der Waals surface area contributed by atoms with Gasteiger partial charge in [0.25, 0.3) is 0 Å². The second-order valence-corrected chi connectivity index (χ2v) is 5.13. The minimum absolute atomic E-state index is 0.352. The first-order valence-corrected chi connectivity index (χ1v) is 6.96. The van der Waals surface area contributed by atoms with E-state index >= 15 is 0 Å². The molecule has 2 aromatic rings. The first-order valence-electron chi connectivity index (χ1n) is 6.96. The molecule has 0 saturated carbocycles. The molecule has 1 fully saturated rings. The number of hydrogen-bond acceptors (Lipinski definition) is 3. The van der Waals surface area contributed by atoms with Crippen molar-refractivity contribution in [2.24, 2.45) is 0 Å². The molecule has 0 bridgehead atoms. The molecule has 0 spiro atoms. The van der Waals surface area contributed by atoms with E-state index in [-0.39, 0.29) is 0 Å². The van der Waals surface area contributed by atoms with Gasteiger partial charge >= 0.3 is 0 Å². The lowest BCUT2D eigenvalue weighted by atomic mass is 10.1. The van der Waals surface area contributed by atoms with Gasteiger partial charge in [-0.1, -0.05) is 18.2 Å². The maximum atomic E-state index is 11.5. The maximum Gasteiger partial charge on any atom is 0.146 e. The number of carbonyl (C=O) groups excluding carboxylic acids is 1. The van der Waals surface area contributed by atoms with Gasteiger partial charge in [-0.25, -0.2) is 0 Å². The zero-order chi connectivity index (χ0) is 13.2. The molecule has 100 valence electrons. The second-order valence-electron chi connectivity index (χ2n) is 5.13. The van der Waals surface area contributed by atoms with E-state index in [0.29, 0.717) is 12.3 Å². The average Bonchev–Trinajstić information content (AvgIpc) is 2.77. The van der Waals surface area contributed by atoms with Crippen molar-refractivity contribution >= 4 is 16.7 Å². The molecule has 0 N–H and O–H groups in total. The topological polar surface area (TPSA) is 38.1 Å². The number of aryl methyl sites for hydroxylation is 1. The SMILES string of the molecule is CCn1nc(CN2CCCC(=O)C2)c2ccccc21. The molecule has 1 aromatic heterocycles. The number of hydrogen-bond donors (Lipinski definition) is 0. The molecule has 0 unspecified atom stereocenters. The molecule has 19 heavy (non-hydrogen) atoms. The van der Waals surface area contributed by atoms with Crippen LogP contribution in [0.25, 0.3) is 10.9 Å². The summed E-state index contributed by atoms with van der Waals surface area (Å²) in [5, 5.41) is 5.90. The van der Waals surface area contributed by atoms with Crippen molar-refractivity contribution in [1.82, 2.24) is 14.7 Å². The Morgan fingerprint density at radius 3 is 2.95 bits per heavy atom. The van der Waals surface area contributed by atoms with E-state index in [4.69, 9.17) is 5.10 Å². The standard InChI is InChI=1S/C15H19N3O/c1-2-18-15-8-4-3-7-13(15)14(16-18)11-17-9-5-6-12(19)10-17/h3-4,7-8H,2,5-6,9-11H2,1H3. The van der Waals surface area contributed by atoms with Crippen molar-refractivity contribution in [3.05, 3.63) is 30.0 Å². The van der Waals surface area contributed by atoms with Gasteiger partial charge in [-0.3, -0.25) is 14.4 Å². The zero-order valence-corrected chi connectivity index (χ0v) is 11.3. The van der Waals surface area contributed by atoms with Gasteiger partial charge < -0.3 is 0 Å². The summed E-state index contributed by atoms with van der Waals surface area (Å²) >= 11 is 0. The van der Waals surface area contributed by atoms with Gasteiger partial charge in [-0.05, 0) is 26.0 Å². The van der Waals surface area contributed by atoms with Gasteiger partial charge in [0.15, 0.2) is 0 Å². The van der Waals surface area contributed by atoms with E-state index in [1.807, 2.05) is 10.7 Å². The first-order chi connectivity index (χ1) is 9.28. The fourth-order valence-electron chi connectivity index (χ4n) is 2.81. The second kappa shape index (κ2) is 5.13. The summed E-state index contributed by atoms with van der Waals surface area (Å²) in [6.07, 6.45) is 1.71. The fraction of sp³-hybridized carbons (Fsp3) is 0.467. The van der Waals surface area contributed by atoms with Gasteiger partial charge in [0.1, 0.15) is 5.78 Å². The Balaban J connectivity index is 1.90. The van der Waals surface area contributed by atoms with E-state index in [2.05, 4.69) is 30.0 Å². The van der Waals surface area contributed by atoms with E-state index in [9.17, 15) is 4.79 Å². The number of piperidine rings is 1. The average molecular weight is 257 g/mol. The Kier molecular flexibility index (Phi) is 3.34. The Morgan fingerprint density at radius 1 is 1.32 bits per heavy atom. The summed E-state index contributed by atoms with van der Waals surface area (Å²) in [5.41, 5.74) is 2.27. The lowest BCUT2D eigenvalue weighted by Gasteiger charge is -2.24. The van der Waals surface area contributed by atoms with Crippen molar-refractivity contribution < 1.29 is 4.79 Å². The largest absolute Gasteiger partial charge is 0.298 e. The van der Waals surface area contributed by atoms with Crippen LogP contribution in [0, 0.1) is 0 Å². The third-order valence-electron chi connectivity index (χ3n) is 3.74. The van der Waals surface area contributed by atoms with Crippen LogP contribution < -0.4 is 0 Å². The van der Waals surface area contributed by atoms with E-state index in [1.165, 1.54) is 10.9 Å². The van der Waals surface area contributed by atoms with Gasteiger partial charge in [0.05, 0.1) is 17.8 Å². The first kappa shape index (κ1) is 12.4. The highest BCUT2D eigenvalue weighted by molar-refractivity contribution is 5.82. The minimum atomic E-state index is 0.352. The van der Waals surface area contributed by atoms with E-state index < -0.39 is 0 Å². The quantitative estimate of drug-likeness (QED) is 0.846. The monoisotopic (exact) mass is 257 g/mol. The highest BCUT2D eigenvalue weighted by atomic mass is 16.1. The van der Waals surface area contributed by atoms with Crippen LogP contribution in [0.4, 0.5) is 0 Å². The molecular weight excluding hydrogens is 238 g/mol. The lowest BCUT2D eigenvalue weighted by molar-refractivity contribution is -0.122. The Hall–Kier alpha value is -1.68. The molecule has 1 aliphatic rings. The van der Waals surface area contributed by atoms with Crippen LogP contribution in [0.2, 0.25) is 0 Å². The number of likely N-dealkylation sites (tertiary alicyclic amines) is 1. The number of rotatable bonds is 3. The highest BCUT2D eigenvalue weighted by Gasteiger charge is 2.19. The number of ketones is 1. The van der Waals surface area contributed by atoms with Crippen molar-refractivity contribution in [3.8, 4) is 0 Å². The van der Waals surface area contributed by atoms with E-state index in [0.717, 1.165) is 38.2 Å². The number of benzene rings is 1. The Bertz CT molecular complexity index is 602. The Morgan fingerprint density at radius 2 is 2.16 bits per heavy atom. The molecular formula is C15H19N3O. The molecule has 1 saturated heterocycles. The Labute approximate surface area is 113 Å². The van der Waals surface area contributed by atoms with Gasteiger partial charge in [-0.15, -0.1) is 0 Å². The molecule has 4 nitrogen and oxygen atoms in total. The van der Waals surface area contributed by atoms with Crippen molar-refractivity contribution in [2.45, 2.75) is 32.9 Å². The van der Waals surface area contributed by atoms with Crippen LogP contribution in [-0.4, -0.2) is 33.6 Å². The van der Waals surface area contributed by atoms with Crippen molar-refractivity contribution in [2.75, 3.05) is 13.1 Å². The summed E-state index contributed by atoms with van der Waals surface area (Å²) in [6.45, 7) is 5.33. The van der Waals surface area contributed by atoms with Gasteiger partial charge in [0.2, 0.25) is 0 Å². The predicted molar refractivity (Wildman–Crippen MR) is 74.9 cm³/mol. The van der Waals surface area contributed by atoms with Crippen molar-refractivity contribution in [1.29, 1.82) is 0 Å². The number of carbonyl (C=O) groups is 1. The van der Waals surface area contributed by atoms with Crippen LogP contribution >= 0.6 is 0 Å². The highest BCUT2D eigenvalue weighted by Crippen LogP contribution is 2.20. The number of fused-ring (bicyclic) bond motifs is 1. The molecule has 2 heterocycles. The molecule has 0 atom stereocenters. The lowest BCUT2D eigenvalue weighted by Crippen LogP contribution is -2.35. The molecule has 3 rings (SSSR count). The molecule has 0 radical (unpaired) electrons. The van der Waals surface area contributed by atoms with Crippen molar-refractivity contribution in [3.63, 3.8) is 0 Å². The number of nitrogens with zero attached hydrogens (tertiary/aromatic N) is 3. The number of para-hydroxylation sites is 1. The van der Waals surface area contributed by atoms with Gasteiger partial charge in [-0.2, -0.15) is 5.10 Å². The summed E-state index contributed by atoms with van der Waals surface area (Å²) in [4.78, 5) is 13.7. The normalized spacial score (nSPS) is 17.2. The fourth-order valence-corrected chi connectivity index (χ4v) is 2.81. The van der Waals surface area contributed by atoms with Crippen LogP contribution in [-0.2, 0) is 17.9 Å². The van der Waals surface area contributed by atoms with Crippen LogP contribution in [0.1, 0.15) is 25.5 Å². The third kappa shape index (κ3) is 2.40. The molecule has 1 aliphatic heterocycles. The third-order valence-corrected chi connectivity index (χ3v) is 3.74. The van der Waals surface area contributed by atoms with Crippen LogP contribution in [0.5, 0.6) is 0 Å². The molecule has 4 heteroatoms. The molecule has 0 amide bonds. The maximum absolute atomic E-state index is 11.5. The number of aromatic nitrogens is 2. The predicted octanol–water partition coefficient (Wildman–Crippen LogP) is 2.22. The smallest absolute Gasteiger partial charge is 0.146 e. The van der Waals surface area contributed by atoms with Crippen LogP contribution in [0.15, 0.2) is 24.3 Å². The molecule has 0 aliphatic carbocycles. The summed E-state index contributed by atoms with van der Waals surface area (Å²) < 4.78 is 2.04. The summed E-state index contributed by atoms with van der Waals surface area (Å²) in [7, 11) is 0. The summed E-state index contributed by atoms with van der Waals surface area (Å²) in [6, 6.07) is 8.32. The van der Waals surface area contributed by atoms with Crippen LogP contribution in [0.3, 0.4) is 0 Å².